The molecule has 110 valence electrons. The first-order chi connectivity index (χ1) is 9.77. The summed E-state index contributed by atoms with van der Waals surface area (Å²) in [6, 6.07) is 4.58. The molecule has 3 nitrogen and oxygen atoms in total. The predicted molar refractivity (Wildman–Crippen MR) is 75.8 cm³/mol. The Morgan fingerprint density at radius 2 is 1.95 bits per heavy atom. The molecule has 0 atom stereocenters. The molecule has 0 amide bonds. The molecule has 3 heterocycles. The van der Waals surface area contributed by atoms with Gasteiger partial charge in [0.1, 0.15) is 5.02 Å². The summed E-state index contributed by atoms with van der Waals surface area (Å²) < 4.78 is 40.4. The number of fused-ring (bicyclic) bond motifs is 1. The van der Waals surface area contributed by atoms with Gasteiger partial charge in [-0.2, -0.15) is 18.3 Å². The van der Waals surface area contributed by atoms with E-state index in [9.17, 15) is 13.2 Å². The van der Waals surface area contributed by atoms with Crippen molar-refractivity contribution in [2.75, 3.05) is 0 Å². The third-order valence-corrected chi connectivity index (χ3v) is 4.44. The molecule has 0 aliphatic heterocycles. The molecule has 3 aromatic rings. The molecular formula is C13H9ClF3N3S. The predicted octanol–water partition coefficient (Wildman–Crippen LogP) is 4.75. The van der Waals surface area contributed by atoms with Gasteiger partial charge in [-0.15, -0.1) is 11.3 Å². The molecule has 0 N–H and O–H groups in total. The van der Waals surface area contributed by atoms with Crippen molar-refractivity contribution in [2.45, 2.75) is 20.0 Å². The average Bonchev–Trinajstić information content (AvgIpc) is 2.93. The summed E-state index contributed by atoms with van der Waals surface area (Å²) in [5.74, 6) is 0. The number of hydrogen-bond acceptors (Lipinski definition) is 3. The SMILES string of the molecule is Cc1ccc(-c2cc(C(F)(F)F)n3nc(C)c(Cl)c3n2)s1. The maximum absolute atomic E-state index is 13.2. The van der Waals surface area contributed by atoms with Crippen LogP contribution in [0.3, 0.4) is 0 Å². The Balaban J connectivity index is 2.35. The summed E-state index contributed by atoms with van der Waals surface area (Å²) in [4.78, 5) is 5.89. The van der Waals surface area contributed by atoms with Crippen LogP contribution in [0.25, 0.3) is 16.2 Å². The number of hydrogen-bond donors (Lipinski definition) is 0. The van der Waals surface area contributed by atoms with Crippen molar-refractivity contribution < 1.29 is 13.2 Å². The average molecular weight is 332 g/mol. The molecule has 0 aliphatic carbocycles. The number of aromatic nitrogens is 3. The fraction of sp³-hybridized carbons (Fsp3) is 0.231. The summed E-state index contributed by atoms with van der Waals surface area (Å²) in [6.07, 6.45) is -4.54. The van der Waals surface area contributed by atoms with E-state index in [1.54, 1.807) is 13.0 Å². The molecule has 0 unspecified atom stereocenters. The standard InChI is InChI=1S/C13H9ClF3N3S/c1-6-3-4-9(21-6)8-5-10(13(15,16)17)20-12(18-8)11(14)7(2)19-20/h3-5H,1-2H3. The van der Waals surface area contributed by atoms with Gasteiger partial charge in [0.2, 0.25) is 0 Å². The lowest BCUT2D eigenvalue weighted by atomic mass is 10.2. The van der Waals surface area contributed by atoms with Crippen LogP contribution in [0.2, 0.25) is 5.02 Å². The van der Waals surface area contributed by atoms with Gasteiger partial charge in [0, 0.05) is 4.88 Å². The van der Waals surface area contributed by atoms with Crippen molar-refractivity contribution in [3.8, 4) is 10.6 Å². The van der Waals surface area contributed by atoms with Crippen molar-refractivity contribution in [1.82, 2.24) is 14.6 Å². The summed E-state index contributed by atoms with van der Waals surface area (Å²) >= 11 is 7.40. The maximum Gasteiger partial charge on any atom is 0.433 e. The molecule has 0 bridgehead atoms. The third kappa shape index (κ3) is 2.40. The number of thiophene rings is 1. The van der Waals surface area contributed by atoms with Gasteiger partial charge < -0.3 is 0 Å². The van der Waals surface area contributed by atoms with Crippen LogP contribution in [0.1, 0.15) is 16.3 Å². The lowest BCUT2D eigenvalue weighted by Gasteiger charge is -2.10. The Morgan fingerprint density at radius 3 is 2.52 bits per heavy atom. The lowest BCUT2D eigenvalue weighted by Crippen LogP contribution is -2.13. The van der Waals surface area contributed by atoms with Crippen LogP contribution < -0.4 is 0 Å². The molecule has 3 rings (SSSR count). The zero-order chi connectivity index (χ0) is 15.4. The number of halogens is 4. The highest BCUT2D eigenvalue weighted by molar-refractivity contribution is 7.15. The zero-order valence-corrected chi connectivity index (χ0v) is 12.6. The van der Waals surface area contributed by atoms with Crippen LogP contribution >= 0.6 is 22.9 Å². The van der Waals surface area contributed by atoms with Gasteiger partial charge in [0.05, 0.1) is 16.3 Å². The van der Waals surface area contributed by atoms with E-state index < -0.39 is 11.9 Å². The van der Waals surface area contributed by atoms with E-state index in [1.807, 2.05) is 13.0 Å². The van der Waals surface area contributed by atoms with E-state index in [-0.39, 0.29) is 16.4 Å². The Kier molecular flexibility index (Phi) is 3.22. The molecule has 8 heteroatoms. The van der Waals surface area contributed by atoms with Crippen molar-refractivity contribution in [3.63, 3.8) is 0 Å². The summed E-state index contributed by atoms with van der Waals surface area (Å²) in [5.41, 5.74) is -0.308. The van der Waals surface area contributed by atoms with Gasteiger partial charge in [-0.25, -0.2) is 9.50 Å². The van der Waals surface area contributed by atoms with E-state index in [1.165, 1.54) is 11.3 Å². The van der Waals surface area contributed by atoms with Gasteiger partial charge in [0.15, 0.2) is 11.3 Å². The Hall–Kier alpha value is -1.60. The Bertz CT molecular complexity index is 835. The fourth-order valence-electron chi connectivity index (χ4n) is 2.00. The molecule has 3 aromatic heterocycles. The minimum Gasteiger partial charge on any atom is -0.226 e. The first-order valence-electron chi connectivity index (χ1n) is 5.97. The number of nitrogens with zero attached hydrogens (tertiary/aromatic N) is 3. The molecule has 0 saturated heterocycles. The van der Waals surface area contributed by atoms with E-state index in [2.05, 4.69) is 10.1 Å². The van der Waals surface area contributed by atoms with Crippen LogP contribution in [-0.2, 0) is 6.18 Å². The van der Waals surface area contributed by atoms with Crippen LogP contribution in [0.15, 0.2) is 18.2 Å². The molecule has 0 radical (unpaired) electrons. The monoisotopic (exact) mass is 331 g/mol. The minimum absolute atomic E-state index is 0.0186. The summed E-state index contributed by atoms with van der Waals surface area (Å²) in [6.45, 7) is 3.43. The van der Waals surface area contributed by atoms with E-state index in [4.69, 9.17) is 11.6 Å². The highest BCUT2D eigenvalue weighted by atomic mass is 35.5. The molecule has 0 aromatic carbocycles. The first-order valence-corrected chi connectivity index (χ1v) is 7.16. The Labute approximate surface area is 127 Å². The molecule has 0 saturated carbocycles. The molecule has 21 heavy (non-hydrogen) atoms. The second-order valence-corrected chi connectivity index (χ2v) is 6.24. The van der Waals surface area contributed by atoms with Gasteiger partial charge >= 0.3 is 6.18 Å². The topological polar surface area (TPSA) is 30.2 Å². The normalized spacial score (nSPS) is 12.3. The van der Waals surface area contributed by atoms with Crippen molar-refractivity contribution in [1.29, 1.82) is 0 Å². The minimum atomic E-state index is -4.54. The fourth-order valence-corrected chi connectivity index (χ4v) is 2.99. The van der Waals surface area contributed by atoms with Crippen molar-refractivity contribution in [2.24, 2.45) is 0 Å². The lowest BCUT2D eigenvalue weighted by molar-refractivity contribution is -0.142. The molecule has 0 fully saturated rings. The zero-order valence-electron chi connectivity index (χ0n) is 11.0. The molecule has 0 spiro atoms. The second kappa shape index (κ2) is 4.71. The van der Waals surface area contributed by atoms with Crippen molar-refractivity contribution >= 4 is 28.6 Å². The van der Waals surface area contributed by atoms with Gasteiger partial charge in [-0.05, 0) is 32.0 Å². The number of alkyl halides is 3. The highest BCUT2D eigenvalue weighted by Crippen LogP contribution is 2.35. The maximum atomic E-state index is 13.2. The first kappa shape index (κ1) is 14.3. The largest absolute Gasteiger partial charge is 0.433 e. The van der Waals surface area contributed by atoms with Gasteiger partial charge in [-0.3, -0.25) is 0 Å². The van der Waals surface area contributed by atoms with E-state index in [0.29, 0.717) is 10.6 Å². The smallest absolute Gasteiger partial charge is 0.226 e. The van der Waals surface area contributed by atoms with Crippen LogP contribution in [0, 0.1) is 13.8 Å². The van der Waals surface area contributed by atoms with Crippen LogP contribution in [0.4, 0.5) is 13.2 Å². The summed E-state index contributed by atoms with van der Waals surface area (Å²) in [7, 11) is 0. The number of aryl methyl sites for hydroxylation is 2. The molecule has 0 aliphatic rings. The van der Waals surface area contributed by atoms with Gasteiger partial charge in [0.25, 0.3) is 0 Å². The second-order valence-electron chi connectivity index (χ2n) is 4.57. The molecular weight excluding hydrogens is 323 g/mol. The van der Waals surface area contributed by atoms with E-state index >= 15 is 0 Å². The Morgan fingerprint density at radius 1 is 1.24 bits per heavy atom. The van der Waals surface area contributed by atoms with E-state index in [0.717, 1.165) is 15.5 Å². The highest BCUT2D eigenvalue weighted by Gasteiger charge is 2.36. The quantitative estimate of drug-likeness (QED) is 0.644. The summed E-state index contributed by atoms with van der Waals surface area (Å²) in [5, 5.41) is 3.96. The van der Waals surface area contributed by atoms with Crippen molar-refractivity contribution in [3.05, 3.63) is 39.5 Å². The van der Waals surface area contributed by atoms with Crippen LogP contribution in [0.5, 0.6) is 0 Å². The van der Waals surface area contributed by atoms with Crippen LogP contribution in [-0.4, -0.2) is 14.6 Å². The van der Waals surface area contributed by atoms with Gasteiger partial charge in [-0.1, -0.05) is 11.6 Å². The number of rotatable bonds is 1. The third-order valence-electron chi connectivity index (χ3n) is 2.98.